The summed E-state index contributed by atoms with van der Waals surface area (Å²) in [7, 11) is 3.14. The van der Waals surface area contributed by atoms with Crippen molar-refractivity contribution >= 4 is 28.6 Å². The largest absolute Gasteiger partial charge is 0.495 e. The summed E-state index contributed by atoms with van der Waals surface area (Å²) < 4.78 is 17.6. The van der Waals surface area contributed by atoms with Crippen molar-refractivity contribution in [3.05, 3.63) is 65.6 Å². The van der Waals surface area contributed by atoms with Crippen molar-refractivity contribution in [2.45, 2.75) is 32.8 Å². The molecule has 1 saturated heterocycles. The fourth-order valence-electron chi connectivity index (χ4n) is 5.01. The van der Waals surface area contributed by atoms with Crippen molar-refractivity contribution in [2.24, 2.45) is 0 Å². The molecule has 1 aliphatic heterocycles. The third-order valence-electron chi connectivity index (χ3n) is 7.48. The molecule has 0 aliphatic carbocycles. The number of aromatic nitrogens is 5. The second-order valence-electron chi connectivity index (χ2n) is 10.2. The first-order valence-corrected chi connectivity index (χ1v) is 13.9. The summed E-state index contributed by atoms with van der Waals surface area (Å²) in [6.07, 6.45) is 3.45. The molecule has 216 valence electrons. The molecule has 4 N–H and O–H groups in total. The van der Waals surface area contributed by atoms with Gasteiger partial charge >= 0.3 is 0 Å². The number of aromatic amines is 2. The molecule has 2 aromatic carbocycles. The summed E-state index contributed by atoms with van der Waals surface area (Å²) in [5.41, 5.74) is 6.72. The van der Waals surface area contributed by atoms with Gasteiger partial charge in [-0.3, -0.25) is 4.79 Å². The van der Waals surface area contributed by atoms with E-state index in [9.17, 15) is 4.79 Å². The minimum atomic E-state index is -0.203. The maximum atomic E-state index is 12.1. The number of anilines is 2. The van der Waals surface area contributed by atoms with Crippen LogP contribution in [0.15, 0.2) is 48.7 Å². The van der Waals surface area contributed by atoms with Crippen LogP contribution in [0.1, 0.15) is 34.6 Å². The molecule has 0 spiro atoms. The van der Waals surface area contributed by atoms with Gasteiger partial charge in [-0.1, -0.05) is 24.3 Å². The fraction of sp³-hybridized carbons (Fsp3) is 0.290. The van der Waals surface area contributed by atoms with E-state index in [0.717, 1.165) is 52.1 Å². The highest BCUT2D eigenvalue weighted by Gasteiger charge is 2.22. The minimum Gasteiger partial charge on any atom is -0.495 e. The average Bonchev–Trinajstić information content (AvgIpc) is 3.60. The van der Waals surface area contributed by atoms with E-state index in [1.165, 1.54) is 0 Å². The Balaban J connectivity index is 1.37. The average molecular weight is 568 g/mol. The monoisotopic (exact) mass is 567 g/mol. The first-order chi connectivity index (χ1) is 20.4. The molecule has 3 aromatic heterocycles. The lowest BCUT2D eigenvalue weighted by Crippen LogP contribution is -2.26. The Morgan fingerprint density at radius 1 is 1.02 bits per heavy atom. The smallest absolute Gasteiger partial charge is 0.251 e. The van der Waals surface area contributed by atoms with Gasteiger partial charge < -0.3 is 34.8 Å². The van der Waals surface area contributed by atoms with Gasteiger partial charge in [0.05, 0.1) is 37.1 Å². The molecule has 5 aromatic rings. The van der Waals surface area contributed by atoms with E-state index < -0.39 is 0 Å². The van der Waals surface area contributed by atoms with E-state index in [1.54, 1.807) is 32.4 Å². The van der Waals surface area contributed by atoms with Crippen molar-refractivity contribution in [1.29, 1.82) is 0 Å². The number of ether oxygens (including phenoxy) is 3. The van der Waals surface area contributed by atoms with Gasteiger partial charge in [0.15, 0.2) is 0 Å². The van der Waals surface area contributed by atoms with Gasteiger partial charge in [-0.05, 0) is 37.6 Å². The van der Waals surface area contributed by atoms with Gasteiger partial charge in [-0.2, -0.15) is 9.97 Å². The third-order valence-corrected chi connectivity index (χ3v) is 7.48. The lowest BCUT2D eigenvalue weighted by molar-refractivity contribution is 0.0244. The zero-order valence-corrected chi connectivity index (χ0v) is 24.0. The van der Waals surface area contributed by atoms with Crippen LogP contribution in [-0.2, 0) is 4.74 Å². The number of imidazole rings is 1. The van der Waals surface area contributed by atoms with E-state index in [-0.39, 0.29) is 12.0 Å². The number of amides is 1. The SMILES string of the molecule is CNC(=O)c1ccc(Nc2nc(OC3CCOCC3)c3c(-c4ccc(-c5nc(C)c(C)[nH]5)cc4)c[nH]c3n2)c(OC)c1. The zero-order valence-electron chi connectivity index (χ0n) is 24.0. The van der Waals surface area contributed by atoms with E-state index in [0.29, 0.717) is 47.7 Å². The number of nitrogens with one attached hydrogen (secondary N) is 4. The van der Waals surface area contributed by atoms with Crippen molar-refractivity contribution in [3.8, 4) is 34.1 Å². The molecule has 1 amide bonds. The second-order valence-corrected chi connectivity index (χ2v) is 10.2. The molecule has 11 heteroatoms. The molecule has 1 fully saturated rings. The molecule has 42 heavy (non-hydrogen) atoms. The molecule has 0 radical (unpaired) electrons. The van der Waals surface area contributed by atoms with Gasteiger partial charge in [0.1, 0.15) is 23.3 Å². The summed E-state index contributed by atoms with van der Waals surface area (Å²) >= 11 is 0. The van der Waals surface area contributed by atoms with Crippen LogP contribution < -0.4 is 20.1 Å². The number of hydrogen-bond acceptors (Lipinski definition) is 8. The highest BCUT2D eigenvalue weighted by atomic mass is 16.5. The normalized spacial score (nSPS) is 13.7. The second kappa shape index (κ2) is 11.5. The molecule has 0 bridgehead atoms. The highest BCUT2D eigenvalue weighted by molar-refractivity contribution is 5.98. The number of H-pyrrole nitrogens is 2. The quantitative estimate of drug-likeness (QED) is 0.198. The Morgan fingerprint density at radius 3 is 2.48 bits per heavy atom. The number of rotatable bonds is 8. The summed E-state index contributed by atoms with van der Waals surface area (Å²) in [6, 6.07) is 13.4. The molecule has 1 aliphatic rings. The Hall–Kier alpha value is -4.90. The predicted molar refractivity (Wildman–Crippen MR) is 161 cm³/mol. The van der Waals surface area contributed by atoms with Gasteiger partial charge in [0.25, 0.3) is 5.91 Å². The Labute approximate surface area is 243 Å². The van der Waals surface area contributed by atoms with Crippen LogP contribution in [0, 0.1) is 13.8 Å². The standard InChI is InChI=1S/C31H33N7O4/c1-17-18(2)35-27(34-17)20-7-5-19(6-8-20)23-16-33-28-26(23)30(42-22-11-13-41-14-12-22)38-31(37-28)36-24-10-9-21(29(39)32-3)15-25(24)40-4/h5-10,15-16,22H,11-14H2,1-4H3,(H,32,39)(H,34,35)(H2,33,36,37,38). The van der Waals surface area contributed by atoms with Gasteiger partial charge in [0, 0.05) is 48.5 Å². The van der Waals surface area contributed by atoms with Crippen molar-refractivity contribution in [1.82, 2.24) is 30.2 Å². The lowest BCUT2D eigenvalue weighted by atomic mass is 10.0. The van der Waals surface area contributed by atoms with Crippen LogP contribution in [0.5, 0.6) is 11.6 Å². The molecule has 0 unspecified atom stereocenters. The maximum Gasteiger partial charge on any atom is 0.251 e. The summed E-state index contributed by atoms with van der Waals surface area (Å²) in [4.78, 5) is 33.0. The first kappa shape index (κ1) is 27.3. The van der Waals surface area contributed by atoms with Crippen LogP contribution in [0.4, 0.5) is 11.6 Å². The summed E-state index contributed by atoms with van der Waals surface area (Å²) in [6.45, 7) is 5.30. The topological polar surface area (TPSA) is 139 Å². The molecule has 0 saturated carbocycles. The molecular formula is C31H33N7O4. The number of carbonyl (C=O) groups is 1. The predicted octanol–water partition coefficient (Wildman–Crippen LogP) is 5.30. The van der Waals surface area contributed by atoms with Crippen LogP contribution >= 0.6 is 0 Å². The Bertz CT molecular complexity index is 1720. The molecular weight excluding hydrogens is 534 g/mol. The number of benzene rings is 2. The Kier molecular flexibility index (Phi) is 7.49. The van der Waals surface area contributed by atoms with Crippen LogP contribution in [-0.4, -0.2) is 64.3 Å². The summed E-state index contributed by atoms with van der Waals surface area (Å²) in [5, 5.41) is 6.67. The van der Waals surface area contributed by atoms with E-state index >= 15 is 0 Å². The number of carbonyl (C=O) groups excluding carboxylic acids is 1. The molecule has 0 atom stereocenters. The number of hydrogen-bond donors (Lipinski definition) is 4. The number of methoxy groups -OCH3 is 1. The Morgan fingerprint density at radius 2 is 1.79 bits per heavy atom. The van der Waals surface area contributed by atoms with Gasteiger partial charge in [-0.15, -0.1) is 0 Å². The van der Waals surface area contributed by atoms with Crippen LogP contribution in [0.25, 0.3) is 33.5 Å². The van der Waals surface area contributed by atoms with E-state index in [2.05, 4.69) is 49.9 Å². The number of fused-ring (bicyclic) bond motifs is 1. The van der Waals surface area contributed by atoms with Crippen molar-refractivity contribution in [3.63, 3.8) is 0 Å². The van der Waals surface area contributed by atoms with Crippen molar-refractivity contribution < 1.29 is 19.0 Å². The van der Waals surface area contributed by atoms with Crippen molar-refractivity contribution in [2.75, 3.05) is 32.7 Å². The van der Waals surface area contributed by atoms with E-state index in [4.69, 9.17) is 24.2 Å². The van der Waals surface area contributed by atoms with Gasteiger partial charge in [-0.25, -0.2) is 4.98 Å². The zero-order chi connectivity index (χ0) is 29.2. The fourth-order valence-corrected chi connectivity index (χ4v) is 5.01. The highest BCUT2D eigenvalue weighted by Crippen LogP contribution is 2.37. The third kappa shape index (κ3) is 5.38. The van der Waals surface area contributed by atoms with Crippen LogP contribution in [0.2, 0.25) is 0 Å². The molecule has 11 nitrogen and oxygen atoms in total. The first-order valence-electron chi connectivity index (χ1n) is 13.9. The van der Waals surface area contributed by atoms with E-state index in [1.807, 2.05) is 20.0 Å². The minimum absolute atomic E-state index is 0.0263. The maximum absolute atomic E-state index is 12.1. The van der Waals surface area contributed by atoms with Crippen LogP contribution in [0.3, 0.4) is 0 Å². The number of aryl methyl sites for hydroxylation is 2. The lowest BCUT2D eigenvalue weighted by Gasteiger charge is -2.23. The van der Waals surface area contributed by atoms with Gasteiger partial charge in [0.2, 0.25) is 11.8 Å². The summed E-state index contributed by atoms with van der Waals surface area (Å²) in [5.74, 6) is 1.94. The molecule has 6 rings (SSSR count). The molecule has 4 heterocycles. The number of nitrogens with zero attached hydrogens (tertiary/aromatic N) is 3.